The molecule has 0 aliphatic carbocycles. The Morgan fingerprint density at radius 3 is 2.50 bits per heavy atom. The number of carbonyl (C=O) groups is 1. The number of piperazine rings is 1. The highest BCUT2D eigenvalue weighted by atomic mass is 32.2. The lowest BCUT2D eigenvalue weighted by atomic mass is 10.2. The first-order valence-corrected chi connectivity index (χ1v) is 10.0. The van der Waals surface area contributed by atoms with Crippen molar-refractivity contribution >= 4 is 21.7 Å². The molecule has 0 bridgehead atoms. The molecule has 0 saturated carbocycles. The zero-order chi connectivity index (χ0) is 17.2. The zero-order valence-electron chi connectivity index (χ0n) is 13.8. The Kier molecular flexibility index (Phi) is 5.00. The number of amides is 1. The molecule has 1 aromatic heterocycles. The van der Waals surface area contributed by atoms with Gasteiger partial charge in [-0.2, -0.15) is 0 Å². The quantitative estimate of drug-likeness (QED) is 0.764. The van der Waals surface area contributed by atoms with Gasteiger partial charge in [0.25, 0.3) is 0 Å². The molecule has 8 nitrogen and oxygen atoms in total. The number of aromatic nitrogens is 2. The summed E-state index contributed by atoms with van der Waals surface area (Å²) >= 11 is 0. The van der Waals surface area contributed by atoms with Crippen LogP contribution in [0.25, 0.3) is 0 Å². The van der Waals surface area contributed by atoms with Crippen molar-refractivity contribution in [1.82, 2.24) is 20.2 Å². The Morgan fingerprint density at radius 2 is 1.92 bits per heavy atom. The van der Waals surface area contributed by atoms with Gasteiger partial charge in [0.1, 0.15) is 0 Å². The molecule has 2 fully saturated rings. The van der Waals surface area contributed by atoms with Crippen LogP contribution < -0.4 is 10.2 Å². The van der Waals surface area contributed by atoms with E-state index in [4.69, 9.17) is 0 Å². The minimum atomic E-state index is -2.98. The van der Waals surface area contributed by atoms with E-state index >= 15 is 0 Å². The largest absolute Gasteiger partial charge is 0.351 e. The number of sulfone groups is 1. The third-order valence-corrected chi connectivity index (χ3v) is 6.42. The normalized spacial score (nSPS) is 25.4. The van der Waals surface area contributed by atoms with Crippen molar-refractivity contribution in [2.75, 3.05) is 42.6 Å². The maximum Gasteiger partial charge on any atom is 0.237 e. The van der Waals surface area contributed by atoms with Gasteiger partial charge in [0.15, 0.2) is 9.84 Å². The molecule has 3 rings (SSSR count). The molecule has 2 aliphatic heterocycles. The van der Waals surface area contributed by atoms with Crippen LogP contribution in [0, 0.1) is 0 Å². The van der Waals surface area contributed by atoms with E-state index in [0.717, 1.165) is 26.2 Å². The molecule has 0 spiro atoms. The summed E-state index contributed by atoms with van der Waals surface area (Å²) in [6.07, 6.45) is 3.96. The summed E-state index contributed by atoms with van der Waals surface area (Å²) in [7, 11) is -2.98. The molecule has 1 aromatic rings. The number of nitrogens with one attached hydrogen (secondary N) is 1. The Bertz CT molecular complexity index is 674. The molecule has 2 atom stereocenters. The predicted molar refractivity (Wildman–Crippen MR) is 90.5 cm³/mol. The number of rotatable bonds is 4. The topological polar surface area (TPSA) is 95.5 Å². The Balaban J connectivity index is 1.50. The van der Waals surface area contributed by atoms with Gasteiger partial charge in [0, 0.05) is 44.6 Å². The van der Waals surface area contributed by atoms with Crippen molar-refractivity contribution in [3.8, 4) is 0 Å². The van der Waals surface area contributed by atoms with Crippen molar-refractivity contribution in [1.29, 1.82) is 0 Å². The van der Waals surface area contributed by atoms with Gasteiger partial charge in [-0.3, -0.25) is 9.69 Å². The summed E-state index contributed by atoms with van der Waals surface area (Å²) in [5.74, 6) is 0.846. The van der Waals surface area contributed by atoms with Gasteiger partial charge < -0.3 is 10.2 Å². The highest BCUT2D eigenvalue weighted by molar-refractivity contribution is 7.91. The molecule has 0 unspecified atom stereocenters. The Labute approximate surface area is 142 Å². The van der Waals surface area contributed by atoms with Gasteiger partial charge in [0.2, 0.25) is 11.9 Å². The number of nitrogens with zero attached hydrogens (tertiary/aromatic N) is 4. The van der Waals surface area contributed by atoms with E-state index in [0.29, 0.717) is 12.4 Å². The van der Waals surface area contributed by atoms with Crippen LogP contribution in [0.2, 0.25) is 0 Å². The van der Waals surface area contributed by atoms with Gasteiger partial charge in [-0.15, -0.1) is 0 Å². The summed E-state index contributed by atoms with van der Waals surface area (Å²) in [5, 5.41) is 2.88. The Hall–Kier alpha value is -1.74. The van der Waals surface area contributed by atoms with E-state index in [1.54, 1.807) is 18.5 Å². The number of hydrogen-bond donors (Lipinski definition) is 1. The maximum absolute atomic E-state index is 12.4. The minimum Gasteiger partial charge on any atom is -0.351 e. The second-order valence-corrected chi connectivity index (χ2v) is 8.59. The molecule has 2 aliphatic rings. The fourth-order valence-corrected chi connectivity index (χ4v) is 4.83. The van der Waals surface area contributed by atoms with Crippen molar-refractivity contribution in [3.05, 3.63) is 18.5 Å². The second kappa shape index (κ2) is 7.02. The molecule has 2 saturated heterocycles. The molecule has 9 heteroatoms. The van der Waals surface area contributed by atoms with Crippen LogP contribution in [0.4, 0.5) is 5.95 Å². The lowest BCUT2D eigenvalue weighted by molar-refractivity contribution is -0.126. The summed E-state index contributed by atoms with van der Waals surface area (Å²) in [5.41, 5.74) is 0. The lowest BCUT2D eigenvalue weighted by Crippen LogP contribution is -2.55. The van der Waals surface area contributed by atoms with Crippen LogP contribution in [-0.4, -0.2) is 79.0 Å². The molecule has 3 heterocycles. The van der Waals surface area contributed by atoms with E-state index in [2.05, 4.69) is 25.1 Å². The van der Waals surface area contributed by atoms with Crippen LogP contribution in [0.1, 0.15) is 13.3 Å². The highest BCUT2D eigenvalue weighted by Gasteiger charge is 2.32. The van der Waals surface area contributed by atoms with Gasteiger partial charge in [-0.1, -0.05) is 0 Å². The van der Waals surface area contributed by atoms with Crippen LogP contribution in [-0.2, 0) is 14.6 Å². The molecular formula is C15H23N5O3S. The molecule has 1 amide bonds. The smallest absolute Gasteiger partial charge is 0.237 e. The standard InChI is InChI=1S/C15H23N5O3S/c1-12(14(21)18-13-3-10-24(22,23)11-13)19-6-8-20(9-7-19)15-16-4-2-5-17-15/h2,4-5,12-13H,3,6-11H2,1H3,(H,18,21)/t12-,13-/m1/s1. The monoisotopic (exact) mass is 353 g/mol. The van der Waals surface area contributed by atoms with E-state index in [1.165, 1.54) is 0 Å². The average Bonchev–Trinajstić information content (AvgIpc) is 2.93. The van der Waals surface area contributed by atoms with Crippen molar-refractivity contribution < 1.29 is 13.2 Å². The highest BCUT2D eigenvalue weighted by Crippen LogP contribution is 2.14. The van der Waals surface area contributed by atoms with Crippen LogP contribution >= 0.6 is 0 Å². The van der Waals surface area contributed by atoms with Gasteiger partial charge in [-0.25, -0.2) is 18.4 Å². The summed E-state index contributed by atoms with van der Waals surface area (Å²) in [6.45, 7) is 4.89. The molecule has 0 radical (unpaired) electrons. The molecule has 1 N–H and O–H groups in total. The van der Waals surface area contributed by atoms with Crippen LogP contribution in [0.5, 0.6) is 0 Å². The zero-order valence-corrected chi connectivity index (χ0v) is 14.6. The van der Waals surface area contributed by atoms with Crippen LogP contribution in [0.3, 0.4) is 0 Å². The van der Waals surface area contributed by atoms with Gasteiger partial charge in [0.05, 0.1) is 17.5 Å². The summed E-state index contributed by atoms with van der Waals surface area (Å²) in [6, 6.07) is 1.27. The van der Waals surface area contributed by atoms with Gasteiger partial charge >= 0.3 is 0 Å². The molecular weight excluding hydrogens is 330 g/mol. The first-order chi connectivity index (χ1) is 11.4. The molecule has 24 heavy (non-hydrogen) atoms. The molecule has 132 valence electrons. The summed E-state index contributed by atoms with van der Waals surface area (Å²) < 4.78 is 23.0. The van der Waals surface area contributed by atoms with E-state index in [-0.39, 0.29) is 29.5 Å². The van der Waals surface area contributed by atoms with E-state index < -0.39 is 9.84 Å². The predicted octanol–water partition coefficient (Wildman–Crippen LogP) is -0.710. The molecule has 0 aromatic carbocycles. The van der Waals surface area contributed by atoms with E-state index in [9.17, 15) is 13.2 Å². The van der Waals surface area contributed by atoms with Crippen molar-refractivity contribution in [3.63, 3.8) is 0 Å². The SMILES string of the molecule is C[C@H](C(=O)N[C@@H]1CCS(=O)(=O)C1)N1CCN(c2ncccn2)CC1. The van der Waals surface area contributed by atoms with E-state index in [1.807, 2.05) is 6.92 Å². The van der Waals surface area contributed by atoms with Gasteiger partial charge in [-0.05, 0) is 19.4 Å². The number of carbonyl (C=O) groups excluding carboxylic acids is 1. The lowest BCUT2D eigenvalue weighted by Gasteiger charge is -2.37. The number of anilines is 1. The van der Waals surface area contributed by atoms with Crippen LogP contribution in [0.15, 0.2) is 18.5 Å². The third kappa shape index (κ3) is 4.02. The maximum atomic E-state index is 12.4. The minimum absolute atomic E-state index is 0.0601. The second-order valence-electron chi connectivity index (χ2n) is 6.36. The third-order valence-electron chi connectivity index (χ3n) is 4.66. The first-order valence-electron chi connectivity index (χ1n) is 8.21. The first kappa shape index (κ1) is 17.1. The average molecular weight is 353 g/mol. The van der Waals surface area contributed by atoms with Crippen molar-refractivity contribution in [2.45, 2.75) is 25.4 Å². The van der Waals surface area contributed by atoms with Crippen molar-refractivity contribution in [2.24, 2.45) is 0 Å². The fraction of sp³-hybridized carbons (Fsp3) is 0.667. The fourth-order valence-electron chi connectivity index (χ4n) is 3.16. The number of hydrogen-bond acceptors (Lipinski definition) is 7. The summed E-state index contributed by atoms with van der Waals surface area (Å²) in [4.78, 5) is 25.1. The Morgan fingerprint density at radius 1 is 1.25 bits per heavy atom.